The molecular weight excluding hydrogens is 448 g/mol. The molecule has 0 amide bonds. The molecule has 2 heterocycles. The molecule has 0 aliphatic carbocycles. The van der Waals surface area contributed by atoms with Gasteiger partial charge in [0.05, 0.1) is 38.6 Å². The van der Waals surface area contributed by atoms with E-state index in [1.54, 1.807) is 30.0 Å². The van der Waals surface area contributed by atoms with Gasteiger partial charge in [-0.2, -0.15) is 0 Å². The number of ether oxygens (including phenoxy) is 5. The van der Waals surface area contributed by atoms with Gasteiger partial charge >= 0.3 is 5.97 Å². The van der Waals surface area contributed by atoms with Crippen LogP contribution in [0.1, 0.15) is 18.5 Å². The molecule has 1 atom stereocenters. The molecule has 2 aromatic carbocycles. The molecule has 33 heavy (non-hydrogen) atoms. The molecule has 2 aliphatic rings. The first-order valence-electron chi connectivity index (χ1n) is 10.1. The lowest BCUT2D eigenvalue weighted by Crippen LogP contribution is -2.48. The van der Waals surface area contributed by atoms with Crippen molar-refractivity contribution >= 4 is 29.0 Å². The number of rotatable bonds is 5. The SMILES string of the molecule is COC(=O)C1=C(C)N(c2ccc3c(c2)OCCO3)C(=S)NC1c1cc(OC)c(O)c(OC)c1. The highest BCUT2D eigenvalue weighted by molar-refractivity contribution is 7.80. The third-order valence-corrected chi connectivity index (χ3v) is 5.81. The van der Waals surface area contributed by atoms with Crippen molar-refractivity contribution in [3.05, 3.63) is 47.2 Å². The van der Waals surface area contributed by atoms with Gasteiger partial charge in [0.1, 0.15) is 13.2 Å². The van der Waals surface area contributed by atoms with Crippen LogP contribution < -0.4 is 29.2 Å². The summed E-state index contributed by atoms with van der Waals surface area (Å²) in [7, 11) is 4.19. The molecule has 0 spiro atoms. The van der Waals surface area contributed by atoms with Crippen LogP contribution in [0, 0.1) is 0 Å². The fourth-order valence-corrected chi connectivity index (χ4v) is 4.29. The number of anilines is 1. The number of hydrogen-bond acceptors (Lipinski definition) is 8. The van der Waals surface area contributed by atoms with Crippen LogP contribution in [0.3, 0.4) is 0 Å². The van der Waals surface area contributed by atoms with Crippen LogP contribution in [0.5, 0.6) is 28.7 Å². The molecule has 4 rings (SSSR count). The number of allylic oxidation sites excluding steroid dienone is 1. The number of carbonyl (C=O) groups excluding carboxylic acids is 1. The van der Waals surface area contributed by atoms with E-state index in [-0.39, 0.29) is 17.2 Å². The largest absolute Gasteiger partial charge is 0.502 e. The Balaban J connectivity index is 1.83. The number of aromatic hydroxyl groups is 1. The molecule has 2 aliphatic heterocycles. The molecule has 174 valence electrons. The summed E-state index contributed by atoms with van der Waals surface area (Å²) in [5, 5.41) is 13.9. The van der Waals surface area contributed by atoms with Gasteiger partial charge in [-0.3, -0.25) is 4.90 Å². The number of phenolic OH excluding ortho intramolecular Hbond substituents is 1. The molecule has 1 unspecified atom stereocenters. The molecule has 0 aromatic heterocycles. The van der Waals surface area contributed by atoms with E-state index in [2.05, 4.69) is 5.32 Å². The van der Waals surface area contributed by atoms with Crippen molar-refractivity contribution in [3.63, 3.8) is 0 Å². The monoisotopic (exact) mass is 472 g/mol. The van der Waals surface area contributed by atoms with Gasteiger partial charge in [-0.15, -0.1) is 0 Å². The van der Waals surface area contributed by atoms with Crippen LogP contribution in [-0.4, -0.2) is 50.7 Å². The van der Waals surface area contributed by atoms with Crippen molar-refractivity contribution < 1.29 is 33.6 Å². The Morgan fingerprint density at radius 3 is 2.33 bits per heavy atom. The quantitative estimate of drug-likeness (QED) is 0.499. The molecule has 2 N–H and O–H groups in total. The molecule has 0 fully saturated rings. The zero-order valence-corrected chi connectivity index (χ0v) is 19.4. The molecule has 10 heteroatoms. The first-order valence-corrected chi connectivity index (χ1v) is 10.5. The molecule has 0 saturated carbocycles. The minimum atomic E-state index is -0.665. The smallest absolute Gasteiger partial charge is 0.337 e. The summed E-state index contributed by atoms with van der Waals surface area (Å²) in [5.74, 6) is 0.990. The van der Waals surface area contributed by atoms with Crippen molar-refractivity contribution in [2.45, 2.75) is 13.0 Å². The Kier molecular flexibility index (Phi) is 6.19. The molecule has 0 saturated heterocycles. The van der Waals surface area contributed by atoms with Gasteiger partial charge in [-0.05, 0) is 49.0 Å². The summed E-state index contributed by atoms with van der Waals surface area (Å²) in [6.45, 7) is 2.73. The highest BCUT2D eigenvalue weighted by atomic mass is 32.1. The Morgan fingerprint density at radius 2 is 1.73 bits per heavy atom. The van der Waals surface area contributed by atoms with Crippen molar-refractivity contribution in [2.75, 3.05) is 39.4 Å². The first kappa shape index (κ1) is 22.5. The van der Waals surface area contributed by atoms with Gasteiger partial charge in [0.15, 0.2) is 28.1 Å². The van der Waals surface area contributed by atoms with Crippen LogP contribution in [0.2, 0.25) is 0 Å². The first-order chi connectivity index (χ1) is 15.9. The van der Waals surface area contributed by atoms with Crippen LogP contribution in [0.15, 0.2) is 41.6 Å². The molecule has 2 aromatic rings. The fourth-order valence-electron chi connectivity index (χ4n) is 3.93. The third-order valence-electron chi connectivity index (χ3n) is 5.51. The van der Waals surface area contributed by atoms with E-state index in [0.29, 0.717) is 52.3 Å². The lowest BCUT2D eigenvalue weighted by atomic mass is 9.94. The number of nitrogens with one attached hydrogen (secondary N) is 1. The number of thiocarbonyl (C=S) groups is 1. The Hall–Kier alpha value is -3.66. The second-order valence-electron chi connectivity index (χ2n) is 7.31. The zero-order valence-electron chi connectivity index (χ0n) is 18.6. The summed E-state index contributed by atoms with van der Waals surface area (Å²) < 4.78 is 27.0. The van der Waals surface area contributed by atoms with Crippen molar-refractivity contribution in [1.82, 2.24) is 5.32 Å². The number of phenols is 1. The van der Waals surface area contributed by atoms with E-state index in [1.165, 1.54) is 21.3 Å². The number of methoxy groups -OCH3 is 3. The zero-order chi connectivity index (χ0) is 23.7. The molecular formula is C23H24N2O7S. The van der Waals surface area contributed by atoms with Crippen LogP contribution in [-0.2, 0) is 9.53 Å². The molecule has 0 bridgehead atoms. The Bertz CT molecular complexity index is 1120. The summed E-state index contributed by atoms with van der Waals surface area (Å²) in [6, 6.07) is 8.03. The van der Waals surface area contributed by atoms with Crippen molar-refractivity contribution in [2.24, 2.45) is 0 Å². The average molecular weight is 473 g/mol. The van der Waals surface area contributed by atoms with E-state index < -0.39 is 12.0 Å². The normalized spacial score (nSPS) is 17.4. The standard InChI is InChI=1S/C23H24N2O7S/c1-12-19(22(27)30-4)20(13-9-17(28-2)21(26)18(10-13)29-3)24-23(33)25(12)14-5-6-15-16(11-14)32-8-7-31-15/h5-6,9-11,20,26H,7-8H2,1-4H3,(H,24,33). The second-order valence-corrected chi connectivity index (χ2v) is 7.70. The predicted molar refractivity (Wildman–Crippen MR) is 124 cm³/mol. The van der Waals surface area contributed by atoms with E-state index in [0.717, 1.165) is 0 Å². The number of nitrogens with zero attached hydrogens (tertiary/aromatic N) is 1. The number of esters is 1. The lowest BCUT2D eigenvalue weighted by Gasteiger charge is -2.37. The van der Waals surface area contributed by atoms with Gasteiger partial charge in [-0.25, -0.2) is 4.79 Å². The maximum Gasteiger partial charge on any atom is 0.337 e. The number of hydrogen-bond donors (Lipinski definition) is 2. The minimum Gasteiger partial charge on any atom is -0.502 e. The van der Waals surface area contributed by atoms with Gasteiger partial charge in [0, 0.05) is 11.8 Å². The van der Waals surface area contributed by atoms with Gasteiger partial charge in [0.2, 0.25) is 5.75 Å². The topological polar surface area (TPSA) is 98.7 Å². The van der Waals surface area contributed by atoms with Gasteiger partial charge in [-0.1, -0.05) is 0 Å². The van der Waals surface area contributed by atoms with Crippen molar-refractivity contribution in [3.8, 4) is 28.7 Å². The van der Waals surface area contributed by atoms with Crippen LogP contribution in [0.4, 0.5) is 5.69 Å². The summed E-state index contributed by atoms with van der Waals surface area (Å²) in [5.41, 5.74) is 2.23. The highest BCUT2D eigenvalue weighted by Gasteiger charge is 2.36. The van der Waals surface area contributed by atoms with E-state index in [9.17, 15) is 9.90 Å². The van der Waals surface area contributed by atoms with Gasteiger partial charge in [0.25, 0.3) is 0 Å². The summed E-state index contributed by atoms with van der Waals surface area (Å²) in [4.78, 5) is 14.6. The van der Waals surface area contributed by atoms with Gasteiger partial charge < -0.3 is 34.1 Å². The average Bonchev–Trinajstić information content (AvgIpc) is 2.83. The second kappa shape index (κ2) is 9.07. The minimum absolute atomic E-state index is 0.139. The third kappa shape index (κ3) is 3.97. The predicted octanol–water partition coefficient (Wildman–Crippen LogP) is 3.06. The van der Waals surface area contributed by atoms with Crippen LogP contribution in [0.25, 0.3) is 0 Å². The number of fused-ring (bicyclic) bond motifs is 1. The molecule has 0 radical (unpaired) electrons. The van der Waals surface area contributed by atoms with Crippen molar-refractivity contribution in [1.29, 1.82) is 0 Å². The summed E-state index contributed by atoms with van der Waals surface area (Å²) >= 11 is 5.69. The Labute approximate surface area is 196 Å². The fraction of sp³-hybridized carbons (Fsp3) is 0.304. The highest BCUT2D eigenvalue weighted by Crippen LogP contribution is 2.43. The molecule has 9 nitrogen and oxygen atoms in total. The number of carbonyl (C=O) groups is 1. The number of benzene rings is 2. The maximum atomic E-state index is 12.9. The maximum absolute atomic E-state index is 12.9. The van der Waals surface area contributed by atoms with E-state index in [4.69, 9.17) is 35.9 Å². The van der Waals surface area contributed by atoms with E-state index >= 15 is 0 Å². The van der Waals surface area contributed by atoms with E-state index in [1.807, 2.05) is 12.1 Å². The summed E-state index contributed by atoms with van der Waals surface area (Å²) in [6.07, 6.45) is 0. The lowest BCUT2D eigenvalue weighted by molar-refractivity contribution is -0.136. The Morgan fingerprint density at radius 1 is 1.09 bits per heavy atom. The van der Waals surface area contributed by atoms with Crippen LogP contribution >= 0.6 is 12.2 Å².